The summed E-state index contributed by atoms with van der Waals surface area (Å²) >= 11 is 0. The van der Waals surface area contributed by atoms with E-state index in [1.54, 1.807) is 0 Å². The van der Waals surface area contributed by atoms with Gasteiger partial charge in [-0.25, -0.2) is 0 Å². The van der Waals surface area contributed by atoms with E-state index in [2.05, 4.69) is 32.9 Å². The van der Waals surface area contributed by atoms with Gasteiger partial charge >= 0.3 is 5.97 Å². The number of ether oxygens (including phenoxy) is 1. The number of benzene rings is 1. The zero-order valence-electron chi connectivity index (χ0n) is 19.3. The Labute approximate surface area is 191 Å². The normalized spacial score (nSPS) is 41.2. The van der Waals surface area contributed by atoms with Crippen molar-refractivity contribution in [3.8, 4) is 6.07 Å². The lowest BCUT2D eigenvalue weighted by Crippen LogP contribution is -2.62. The summed E-state index contributed by atoms with van der Waals surface area (Å²) in [6.07, 6.45) is 7.69. The van der Waals surface area contributed by atoms with Gasteiger partial charge in [-0.05, 0) is 60.8 Å². The Morgan fingerprint density at radius 1 is 1.25 bits per heavy atom. The maximum Gasteiger partial charge on any atom is 0.319 e. The van der Waals surface area contributed by atoms with Gasteiger partial charge in [-0.15, -0.1) is 0 Å². The van der Waals surface area contributed by atoms with Crippen molar-refractivity contribution >= 4 is 12.3 Å². The van der Waals surface area contributed by atoms with E-state index >= 15 is 0 Å². The lowest BCUT2D eigenvalue weighted by molar-refractivity contribution is -0.180. The number of allylic oxidation sites excluding steroid dienone is 1. The zero-order chi connectivity index (χ0) is 22.7. The van der Waals surface area contributed by atoms with Crippen LogP contribution in [0.4, 0.5) is 0 Å². The van der Waals surface area contributed by atoms with Crippen LogP contribution in [0.15, 0.2) is 42.0 Å². The molecule has 4 unspecified atom stereocenters. The summed E-state index contributed by atoms with van der Waals surface area (Å²) in [5, 5.41) is 10.8. The first-order chi connectivity index (χ1) is 15.4. The number of hydrogen-bond acceptors (Lipinski definition) is 4. The highest BCUT2D eigenvalue weighted by atomic mass is 16.5. The molecule has 4 nitrogen and oxygen atoms in total. The van der Waals surface area contributed by atoms with Crippen molar-refractivity contribution in [2.24, 2.45) is 45.8 Å². The van der Waals surface area contributed by atoms with Crippen molar-refractivity contribution in [1.82, 2.24) is 0 Å². The minimum Gasteiger partial charge on any atom is -0.460 e. The van der Waals surface area contributed by atoms with E-state index in [1.807, 2.05) is 30.3 Å². The molecule has 1 aromatic carbocycles. The molecule has 0 radical (unpaired) electrons. The van der Waals surface area contributed by atoms with E-state index in [4.69, 9.17) is 4.74 Å². The van der Waals surface area contributed by atoms with Crippen LogP contribution in [0, 0.1) is 57.2 Å². The fourth-order valence-electron chi connectivity index (χ4n) is 8.54. The van der Waals surface area contributed by atoms with Crippen molar-refractivity contribution in [2.75, 3.05) is 0 Å². The van der Waals surface area contributed by atoms with E-state index in [-0.39, 0.29) is 30.3 Å². The van der Waals surface area contributed by atoms with Crippen LogP contribution in [0.5, 0.6) is 0 Å². The van der Waals surface area contributed by atoms with Gasteiger partial charge in [0.05, 0.1) is 16.9 Å². The number of nitriles is 1. The molecule has 0 heterocycles. The molecule has 32 heavy (non-hydrogen) atoms. The minimum atomic E-state index is -1.16. The van der Waals surface area contributed by atoms with Crippen LogP contribution in [0.1, 0.15) is 58.4 Å². The molecule has 5 rings (SSSR count). The van der Waals surface area contributed by atoms with Crippen molar-refractivity contribution in [3.05, 3.63) is 47.5 Å². The first kappa shape index (κ1) is 21.4. The Morgan fingerprint density at radius 2 is 2.00 bits per heavy atom. The molecule has 3 saturated carbocycles. The summed E-state index contributed by atoms with van der Waals surface area (Å²) in [5.41, 5.74) is -0.976. The van der Waals surface area contributed by atoms with Gasteiger partial charge in [0.2, 0.25) is 0 Å². The third kappa shape index (κ3) is 2.33. The molecule has 4 bridgehead atoms. The smallest absolute Gasteiger partial charge is 0.319 e. The second kappa shape index (κ2) is 7.30. The van der Waals surface area contributed by atoms with Crippen molar-refractivity contribution in [1.29, 1.82) is 5.26 Å². The van der Waals surface area contributed by atoms with Crippen LogP contribution < -0.4 is 0 Å². The zero-order valence-corrected chi connectivity index (χ0v) is 19.3. The number of esters is 1. The van der Waals surface area contributed by atoms with Crippen LogP contribution in [-0.2, 0) is 20.9 Å². The summed E-state index contributed by atoms with van der Waals surface area (Å²) in [4.78, 5) is 27.3. The molecule has 1 aromatic rings. The summed E-state index contributed by atoms with van der Waals surface area (Å²) < 4.78 is 6.02. The highest BCUT2D eigenvalue weighted by Crippen LogP contribution is 2.82. The van der Waals surface area contributed by atoms with Crippen LogP contribution in [0.3, 0.4) is 0 Å². The average Bonchev–Trinajstić information content (AvgIpc) is 3.41. The van der Waals surface area contributed by atoms with Gasteiger partial charge < -0.3 is 9.53 Å². The maximum atomic E-state index is 14.2. The van der Waals surface area contributed by atoms with Crippen molar-refractivity contribution < 1.29 is 14.3 Å². The van der Waals surface area contributed by atoms with E-state index in [1.165, 1.54) is 0 Å². The first-order valence-corrected chi connectivity index (χ1v) is 12.2. The Bertz CT molecular complexity index is 1010. The molecule has 4 aliphatic rings. The van der Waals surface area contributed by atoms with Gasteiger partial charge in [0, 0.05) is 0 Å². The number of hydrogen-bond donors (Lipinski definition) is 0. The molecule has 0 spiro atoms. The Hall–Kier alpha value is -2.41. The quantitative estimate of drug-likeness (QED) is 0.340. The maximum absolute atomic E-state index is 14.2. The lowest BCUT2D eigenvalue weighted by atomic mass is 9.43. The Kier molecular flexibility index (Phi) is 4.89. The molecule has 0 aliphatic heterocycles. The Balaban J connectivity index is 1.66. The number of nitrogens with zero attached hydrogens (tertiary/aromatic N) is 1. The van der Waals surface area contributed by atoms with E-state index in [0.717, 1.165) is 36.7 Å². The summed E-state index contributed by atoms with van der Waals surface area (Å²) in [6.45, 7) is 6.55. The van der Waals surface area contributed by atoms with Gasteiger partial charge in [-0.1, -0.05) is 69.2 Å². The molecular formula is C28H33NO3. The van der Waals surface area contributed by atoms with E-state index < -0.39 is 16.2 Å². The first-order valence-electron chi connectivity index (χ1n) is 12.2. The number of carbonyl (C=O) groups is 2. The monoisotopic (exact) mass is 431 g/mol. The van der Waals surface area contributed by atoms with Crippen molar-refractivity contribution in [3.63, 3.8) is 0 Å². The third-order valence-corrected chi connectivity index (χ3v) is 9.64. The average molecular weight is 432 g/mol. The molecule has 4 heteroatoms. The fourth-order valence-corrected chi connectivity index (χ4v) is 8.54. The van der Waals surface area contributed by atoms with Crippen LogP contribution in [0.25, 0.3) is 0 Å². The number of carbonyl (C=O) groups excluding carboxylic acids is 2. The van der Waals surface area contributed by atoms with Crippen LogP contribution in [-0.4, -0.2) is 12.3 Å². The van der Waals surface area contributed by atoms with Crippen LogP contribution >= 0.6 is 0 Å². The van der Waals surface area contributed by atoms with Gasteiger partial charge in [0.25, 0.3) is 0 Å². The van der Waals surface area contributed by atoms with E-state index in [0.29, 0.717) is 24.7 Å². The van der Waals surface area contributed by atoms with Crippen LogP contribution in [0.2, 0.25) is 0 Å². The van der Waals surface area contributed by atoms with Gasteiger partial charge in [0.15, 0.2) is 0 Å². The molecule has 168 valence electrons. The fraction of sp³-hybridized carbons (Fsp3) is 0.607. The number of fused-ring (bicyclic) bond motifs is 2. The predicted octanol–water partition coefficient (Wildman–Crippen LogP) is 5.48. The van der Waals surface area contributed by atoms with Gasteiger partial charge in [-0.3, -0.25) is 4.79 Å². The lowest BCUT2D eigenvalue weighted by Gasteiger charge is -2.56. The molecule has 0 amide bonds. The molecule has 0 aromatic heterocycles. The molecule has 4 aliphatic carbocycles. The highest BCUT2D eigenvalue weighted by molar-refractivity contribution is 5.92. The molecular weight excluding hydrogens is 398 g/mol. The predicted molar refractivity (Wildman–Crippen MR) is 121 cm³/mol. The highest BCUT2D eigenvalue weighted by Gasteiger charge is 2.85. The molecule has 0 saturated heterocycles. The largest absolute Gasteiger partial charge is 0.460 e. The summed E-state index contributed by atoms with van der Waals surface area (Å²) in [7, 11) is 0. The molecule has 3 fully saturated rings. The topological polar surface area (TPSA) is 67.2 Å². The SMILES string of the molecule is CC[C@@H]1CC[C@@H]2[C@@H]1CC1(C=O)C3C=C(C(C)C)C1(C(=O)OCc1ccccc1)C2(C#N)C3. The second-order valence-corrected chi connectivity index (χ2v) is 10.9. The van der Waals surface area contributed by atoms with Crippen molar-refractivity contribution in [2.45, 2.75) is 59.5 Å². The molecule has 0 N–H and O–H groups in total. The molecule has 7 atom stereocenters. The minimum absolute atomic E-state index is 0.0515. The second-order valence-electron chi connectivity index (χ2n) is 10.9. The van der Waals surface area contributed by atoms with Gasteiger partial charge in [0.1, 0.15) is 18.3 Å². The number of rotatable bonds is 6. The Morgan fingerprint density at radius 3 is 2.62 bits per heavy atom. The number of aldehydes is 1. The third-order valence-electron chi connectivity index (χ3n) is 9.64. The summed E-state index contributed by atoms with van der Waals surface area (Å²) in [6, 6.07) is 12.4. The van der Waals surface area contributed by atoms with E-state index in [9.17, 15) is 14.9 Å². The summed E-state index contributed by atoms with van der Waals surface area (Å²) in [5.74, 6) is 0.700. The van der Waals surface area contributed by atoms with Gasteiger partial charge in [-0.2, -0.15) is 5.26 Å². The standard InChI is InChI=1S/C28H33NO3/c1-4-20-10-11-23-22(20)14-27(17-30)21-12-24(18(2)3)28(27,26(23,13-21)16-29)25(31)32-15-19-8-6-5-7-9-19/h5-9,12,17-18,20-23H,4,10-11,13-15H2,1-3H3/t20-,21?,22-,23-,26?,27?,28?/m1/s1.